The number of hydrogen-bond donors (Lipinski definition) is 1. The Bertz CT molecular complexity index is 359. The topological polar surface area (TPSA) is 93.1 Å². The van der Waals surface area contributed by atoms with E-state index in [4.69, 9.17) is 14.7 Å². The highest BCUT2D eigenvalue weighted by molar-refractivity contribution is 6.29. The Morgan fingerprint density at radius 3 is 2.33 bits per heavy atom. The quantitative estimate of drug-likeness (QED) is 0.564. The summed E-state index contributed by atoms with van der Waals surface area (Å²) in [6, 6.07) is -0.892. The summed E-state index contributed by atoms with van der Waals surface area (Å²) in [4.78, 5) is 38.3. The van der Waals surface area contributed by atoms with Gasteiger partial charge in [0.2, 0.25) is 0 Å². The summed E-state index contributed by atoms with van der Waals surface area (Å²) in [5.74, 6) is -3.40. The second-order valence-corrected chi connectivity index (χ2v) is 5.02. The van der Waals surface area contributed by atoms with E-state index in [1.54, 1.807) is 20.8 Å². The monoisotopic (exact) mass is 259 g/mol. The van der Waals surface area contributed by atoms with Crippen LogP contribution in [0.3, 0.4) is 0 Å². The fourth-order valence-electron chi connectivity index (χ4n) is 1.56. The lowest BCUT2D eigenvalue weighted by molar-refractivity contribution is -0.209. The predicted octanol–water partition coefficient (Wildman–Crippen LogP) is 0.335. The highest BCUT2D eigenvalue weighted by Gasteiger charge is 2.36. The highest BCUT2D eigenvalue weighted by Crippen LogP contribution is 2.18. The average molecular weight is 259 g/mol. The summed E-state index contributed by atoms with van der Waals surface area (Å²) in [5, 5.41) is 9.88. The minimum atomic E-state index is -1.20. The zero-order valence-corrected chi connectivity index (χ0v) is 10.6. The van der Waals surface area contributed by atoms with Gasteiger partial charge >= 0.3 is 17.9 Å². The van der Waals surface area contributed by atoms with Crippen LogP contribution < -0.4 is 0 Å². The van der Waals surface area contributed by atoms with E-state index in [0.717, 1.165) is 5.06 Å². The van der Waals surface area contributed by atoms with Gasteiger partial charge in [0.15, 0.2) is 0 Å². The second-order valence-electron chi connectivity index (χ2n) is 5.02. The lowest BCUT2D eigenvalue weighted by Crippen LogP contribution is -2.40. The van der Waals surface area contributed by atoms with Crippen molar-refractivity contribution >= 4 is 17.9 Å². The number of carboxylic acids is 1. The molecule has 0 aliphatic carbocycles. The van der Waals surface area contributed by atoms with Crippen molar-refractivity contribution in [2.24, 2.45) is 0 Å². The van der Waals surface area contributed by atoms with Crippen molar-refractivity contribution in [1.29, 1.82) is 0 Å². The highest BCUT2D eigenvalue weighted by atomic mass is 16.7. The molecule has 0 amide bonds. The van der Waals surface area contributed by atoms with Gasteiger partial charge in [0, 0.05) is 6.54 Å². The molecule has 0 unspecified atom stereocenters. The third-order valence-corrected chi connectivity index (χ3v) is 2.25. The number of carbonyl (C=O) groups excluding carboxylic acids is 2. The standard InChI is InChI=1S/C11H17NO6/c1-11(2,3)17-9(15)10(16)18-12-6-4-5-7(12)8(13)14/h7H,4-6H2,1-3H3,(H,13,14)/t7-/m0/s1. The number of hydroxylamine groups is 2. The lowest BCUT2D eigenvalue weighted by atomic mass is 10.2. The molecule has 102 valence electrons. The number of hydrogen-bond acceptors (Lipinski definition) is 6. The third-order valence-electron chi connectivity index (χ3n) is 2.25. The van der Waals surface area contributed by atoms with E-state index >= 15 is 0 Å². The summed E-state index contributed by atoms with van der Waals surface area (Å²) in [5.41, 5.74) is -0.798. The van der Waals surface area contributed by atoms with Crippen LogP contribution in [0.15, 0.2) is 0 Å². The van der Waals surface area contributed by atoms with Gasteiger partial charge in [-0.2, -0.15) is 0 Å². The first-order chi connectivity index (χ1) is 8.20. The molecule has 1 saturated heterocycles. The number of esters is 1. The van der Waals surface area contributed by atoms with Crippen molar-refractivity contribution in [1.82, 2.24) is 5.06 Å². The number of aliphatic carboxylic acids is 1. The van der Waals surface area contributed by atoms with Gasteiger partial charge in [-0.3, -0.25) is 4.79 Å². The molecule has 7 heteroatoms. The number of rotatable bonds is 2. The van der Waals surface area contributed by atoms with Gasteiger partial charge in [-0.1, -0.05) is 0 Å². The second kappa shape index (κ2) is 5.34. The molecule has 1 N–H and O–H groups in total. The van der Waals surface area contributed by atoms with Gasteiger partial charge < -0.3 is 14.7 Å². The first kappa shape index (κ1) is 14.4. The molecule has 1 atom stereocenters. The zero-order chi connectivity index (χ0) is 13.9. The van der Waals surface area contributed by atoms with Gasteiger partial charge in [-0.25, -0.2) is 9.59 Å². The van der Waals surface area contributed by atoms with Crippen molar-refractivity contribution in [3.8, 4) is 0 Å². The van der Waals surface area contributed by atoms with Crippen LogP contribution in [-0.4, -0.2) is 46.3 Å². The molecule has 1 aliphatic heterocycles. The summed E-state index contributed by atoms with van der Waals surface area (Å²) in [7, 11) is 0. The number of ether oxygens (including phenoxy) is 1. The molecule has 7 nitrogen and oxygen atoms in total. The average Bonchev–Trinajstić information content (AvgIpc) is 2.62. The van der Waals surface area contributed by atoms with Crippen LogP contribution in [0.2, 0.25) is 0 Å². The van der Waals surface area contributed by atoms with E-state index in [1.807, 2.05) is 0 Å². The van der Waals surface area contributed by atoms with Crippen molar-refractivity contribution in [2.45, 2.75) is 45.3 Å². The molecule has 0 spiro atoms. The van der Waals surface area contributed by atoms with Gasteiger partial charge in [0.25, 0.3) is 0 Å². The zero-order valence-electron chi connectivity index (χ0n) is 10.6. The molecule has 0 saturated carbocycles. The van der Waals surface area contributed by atoms with Gasteiger partial charge in [0.1, 0.15) is 11.6 Å². The Balaban J connectivity index is 2.54. The molecule has 1 aliphatic rings. The van der Waals surface area contributed by atoms with Crippen molar-refractivity contribution in [2.75, 3.05) is 6.54 Å². The smallest absolute Gasteiger partial charge is 0.436 e. The largest absolute Gasteiger partial charge is 0.480 e. The van der Waals surface area contributed by atoms with Crippen LogP contribution in [0.25, 0.3) is 0 Å². The molecular weight excluding hydrogens is 242 g/mol. The number of nitrogens with zero attached hydrogens (tertiary/aromatic N) is 1. The first-order valence-electron chi connectivity index (χ1n) is 5.65. The molecule has 18 heavy (non-hydrogen) atoms. The maximum atomic E-state index is 11.4. The molecule has 0 aromatic heterocycles. The van der Waals surface area contributed by atoms with Crippen LogP contribution in [0, 0.1) is 0 Å². The van der Waals surface area contributed by atoms with E-state index in [9.17, 15) is 14.4 Å². The molecule has 1 heterocycles. The fraction of sp³-hybridized carbons (Fsp3) is 0.727. The van der Waals surface area contributed by atoms with Crippen LogP contribution >= 0.6 is 0 Å². The molecule has 0 aromatic carbocycles. The summed E-state index contributed by atoms with van der Waals surface area (Å²) in [6.45, 7) is 5.15. The van der Waals surface area contributed by atoms with E-state index < -0.39 is 29.6 Å². The maximum Gasteiger partial charge on any atom is 0.436 e. The third kappa shape index (κ3) is 3.99. The Labute approximate surface area is 105 Å². The summed E-state index contributed by atoms with van der Waals surface area (Å²) in [6.07, 6.45) is 0.982. The van der Waals surface area contributed by atoms with Crippen LogP contribution in [0.1, 0.15) is 33.6 Å². The van der Waals surface area contributed by atoms with Gasteiger partial charge in [-0.05, 0) is 33.6 Å². The Hall–Kier alpha value is -1.63. The number of carboxylic acid groups (broad SMARTS) is 1. The van der Waals surface area contributed by atoms with Crippen molar-refractivity contribution in [3.63, 3.8) is 0 Å². The molecule has 0 bridgehead atoms. The Kier molecular flexibility index (Phi) is 4.28. The Morgan fingerprint density at radius 1 is 1.22 bits per heavy atom. The van der Waals surface area contributed by atoms with Crippen LogP contribution in [-0.2, 0) is 24.0 Å². The molecular formula is C11H17NO6. The molecule has 1 fully saturated rings. The van der Waals surface area contributed by atoms with E-state index in [-0.39, 0.29) is 0 Å². The van der Waals surface area contributed by atoms with E-state index in [0.29, 0.717) is 19.4 Å². The van der Waals surface area contributed by atoms with Crippen molar-refractivity contribution < 1.29 is 29.1 Å². The number of carbonyl (C=O) groups is 3. The van der Waals surface area contributed by atoms with Gasteiger partial charge in [0.05, 0.1) is 0 Å². The minimum Gasteiger partial charge on any atom is -0.480 e. The Morgan fingerprint density at radius 2 is 1.83 bits per heavy atom. The van der Waals surface area contributed by atoms with E-state index in [1.165, 1.54) is 0 Å². The normalized spacial score (nSPS) is 20.5. The predicted molar refractivity (Wildman–Crippen MR) is 59.3 cm³/mol. The van der Waals surface area contributed by atoms with Crippen molar-refractivity contribution in [3.05, 3.63) is 0 Å². The SMILES string of the molecule is CC(C)(C)OC(=O)C(=O)ON1CCC[C@H]1C(=O)O. The molecule has 0 radical (unpaired) electrons. The minimum absolute atomic E-state index is 0.297. The van der Waals surface area contributed by atoms with Gasteiger partial charge in [-0.15, -0.1) is 5.06 Å². The van der Waals surface area contributed by atoms with Crippen LogP contribution in [0.5, 0.6) is 0 Å². The fourth-order valence-corrected chi connectivity index (χ4v) is 1.56. The maximum absolute atomic E-state index is 11.4. The molecule has 0 aromatic rings. The van der Waals surface area contributed by atoms with Crippen LogP contribution in [0.4, 0.5) is 0 Å². The first-order valence-corrected chi connectivity index (χ1v) is 5.65. The van der Waals surface area contributed by atoms with E-state index in [2.05, 4.69) is 0 Å². The lowest BCUT2D eigenvalue weighted by Gasteiger charge is -2.22. The summed E-state index contributed by atoms with van der Waals surface area (Å²) >= 11 is 0. The summed E-state index contributed by atoms with van der Waals surface area (Å²) < 4.78 is 4.82. The molecule has 1 rings (SSSR count).